The molecular formula is C10H7F13O2. The minimum absolute atomic E-state index is 0.420. The molecule has 0 aromatic carbocycles. The van der Waals surface area contributed by atoms with Gasteiger partial charge in [-0.15, -0.1) is 0 Å². The van der Waals surface area contributed by atoms with Crippen molar-refractivity contribution in [2.45, 2.75) is 49.1 Å². The summed E-state index contributed by atoms with van der Waals surface area (Å²) in [6, 6.07) is 0. The molecule has 0 bridgehead atoms. The van der Waals surface area contributed by atoms with Crippen molar-refractivity contribution in [2.24, 2.45) is 5.92 Å². The Hall–Kier alpha value is -1.44. The first-order valence-corrected chi connectivity index (χ1v) is 5.83. The molecule has 0 fully saturated rings. The Morgan fingerprint density at radius 3 is 1.28 bits per heavy atom. The summed E-state index contributed by atoms with van der Waals surface area (Å²) in [4.78, 5) is 10.4. The van der Waals surface area contributed by atoms with Crippen LogP contribution in [0.15, 0.2) is 0 Å². The number of carbonyl (C=O) groups is 1. The highest BCUT2D eigenvalue weighted by Gasteiger charge is 2.91. The van der Waals surface area contributed by atoms with Crippen molar-refractivity contribution in [3.05, 3.63) is 0 Å². The molecule has 2 nitrogen and oxygen atoms in total. The van der Waals surface area contributed by atoms with Crippen molar-refractivity contribution in [1.82, 2.24) is 0 Å². The van der Waals surface area contributed by atoms with Crippen molar-refractivity contribution < 1.29 is 67.0 Å². The summed E-state index contributed by atoms with van der Waals surface area (Å²) in [6.07, 6.45) is -9.06. The van der Waals surface area contributed by atoms with E-state index >= 15 is 0 Å². The number of halogens is 13. The molecule has 1 unspecified atom stereocenters. The number of aliphatic carboxylic acids is 1. The standard InChI is InChI=1S/C10H7F13O2/c1-2-3(4(24)25)5(11,12)6(13,14)7(15,16)8(17,18)9(19,20)10(21,22)23/h3H,2H2,1H3,(H,24,25). The molecule has 0 rings (SSSR count). The molecule has 0 spiro atoms. The van der Waals surface area contributed by atoms with Crippen LogP contribution in [0.3, 0.4) is 0 Å². The molecule has 0 aliphatic heterocycles. The first kappa shape index (κ1) is 23.6. The van der Waals surface area contributed by atoms with Gasteiger partial charge in [-0.25, -0.2) is 0 Å². The van der Waals surface area contributed by atoms with Crippen LogP contribution in [0.4, 0.5) is 57.1 Å². The number of alkyl halides is 13. The van der Waals surface area contributed by atoms with Crippen LogP contribution in [0, 0.1) is 5.92 Å². The van der Waals surface area contributed by atoms with Crippen LogP contribution >= 0.6 is 0 Å². The van der Waals surface area contributed by atoms with E-state index in [1.807, 2.05) is 0 Å². The molecule has 0 radical (unpaired) electrons. The van der Waals surface area contributed by atoms with Gasteiger partial charge in [0.15, 0.2) is 0 Å². The van der Waals surface area contributed by atoms with Crippen LogP contribution in [0.2, 0.25) is 0 Å². The number of rotatable bonds is 7. The Bertz CT molecular complexity index is 507. The second-order valence-electron chi connectivity index (χ2n) is 4.72. The SMILES string of the molecule is CCC(C(=O)O)C(F)(F)C(F)(F)C(F)(F)C(F)(F)C(F)(F)C(F)(F)F. The minimum Gasteiger partial charge on any atom is -0.481 e. The number of carboxylic acid groups (broad SMARTS) is 1. The van der Waals surface area contributed by atoms with Crippen LogP contribution in [-0.4, -0.2) is 46.9 Å². The second-order valence-corrected chi connectivity index (χ2v) is 4.72. The quantitative estimate of drug-likeness (QED) is 0.615. The Morgan fingerprint density at radius 2 is 1.04 bits per heavy atom. The van der Waals surface area contributed by atoms with Crippen LogP contribution < -0.4 is 0 Å². The Labute approximate surface area is 129 Å². The zero-order chi connectivity index (χ0) is 20.9. The molecule has 0 saturated carbocycles. The van der Waals surface area contributed by atoms with E-state index in [1.54, 1.807) is 0 Å². The number of carboxylic acids is 1. The maximum absolute atomic E-state index is 13.4. The van der Waals surface area contributed by atoms with E-state index in [9.17, 15) is 61.9 Å². The van der Waals surface area contributed by atoms with E-state index in [0.717, 1.165) is 0 Å². The van der Waals surface area contributed by atoms with Crippen molar-refractivity contribution in [1.29, 1.82) is 0 Å². The Morgan fingerprint density at radius 1 is 0.720 bits per heavy atom. The highest BCUT2D eigenvalue weighted by molar-refractivity contribution is 5.71. The molecule has 0 aromatic rings. The lowest BCUT2D eigenvalue weighted by molar-refractivity contribution is -0.442. The Balaban J connectivity index is 6.43. The smallest absolute Gasteiger partial charge is 0.460 e. The van der Waals surface area contributed by atoms with Crippen molar-refractivity contribution >= 4 is 5.97 Å². The van der Waals surface area contributed by atoms with Gasteiger partial charge in [0, 0.05) is 0 Å². The van der Waals surface area contributed by atoms with Gasteiger partial charge in [-0.2, -0.15) is 57.1 Å². The van der Waals surface area contributed by atoms with Gasteiger partial charge in [-0.05, 0) is 6.42 Å². The third kappa shape index (κ3) is 3.09. The van der Waals surface area contributed by atoms with Gasteiger partial charge in [0.25, 0.3) is 0 Å². The molecule has 1 N–H and O–H groups in total. The zero-order valence-electron chi connectivity index (χ0n) is 11.6. The average molecular weight is 406 g/mol. The molecule has 0 saturated heterocycles. The van der Waals surface area contributed by atoms with Gasteiger partial charge in [0.05, 0.1) is 0 Å². The summed E-state index contributed by atoms with van der Waals surface area (Å²) in [5.74, 6) is -44.7. The molecular weight excluding hydrogens is 399 g/mol. The summed E-state index contributed by atoms with van der Waals surface area (Å²) in [5.41, 5.74) is 0. The summed E-state index contributed by atoms with van der Waals surface area (Å²) in [5, 5.41) is 8.26. The van der Waals surface area contributed by atoms with E-state index < -0.39 is 54.1 Å². The number of hydrogen-bond acceptors (Lipinski definition) is 1. The molecule has 25 heavy (non-hydrogen) atoms. The fourth-order valence-electron chi connectivity index (χ4n) is 1.59. The summed E-state index contributed by atoms with van der Waals surface area (Å²) in [6.45, 7) is 0.420. The van der Waals surface area contributed by atoms with E-state index in [0.29, 0.717) is 6.92 Å². The molecule has 0 amide bonds. The van der Waals surface area contributed by atoms with Gasteiger partial charge in [-0.3, -0.25) is 4.79 Å². The highest BCUT2D eigenvalue weighted by atomic mass is 19.4. The largest absolute Gasteiger partial charge is 0.481 e. The van der Waals surface area contributed by atoms with E-state index in [1.165, 1.54) is 0 Å². The third-order valence-electron chi connectivity index (χ3n) is 3.10. The predicted molar refractivity (Wildman–Crippen MR) is 52.2 cm³/mol. The summed E-state index contributed by atoms with van der Waals surface area (Å²) in [7, 11) is 0. The van der Waals surface area contributed by atoms with Gasteiger partial charge in [0.1, 0.15) is 5.92 Å². The monoisotopic (exact) mass is 406 g/mol. The van der Waals surface area contributed by atoms with Crippen molar-refractivity contribution in [2.75, 3.05) is 0 Å². The zero-order valence-corrected chi connectivity index (χ0v) is 11.6. The van der Waals surface area contributed by atoms with Gasteiger partial charge in [-0.1, -0.05) is 6.92 Å². The maximum Gasteiger partial charge on any atom is 0.460 e. The maximum atomic E-state index is 13.4. The van der Waals surface area contributed by atoms with Gasteiger partial charge in [0.2, 0.25) is 0 Å². The van der Waals surface area contributed by atoms with Crippen LogP contribution in [-0.2, 0) is 4.79 Å². The lowest BCUT2D eigenvalue weighted by Crippen LogP contribution is -2.71. The van der Waals surface area contributed by atoms with Crippen LogP contribution in [0.5, 0.6) is 0 Å². The first-order chi connectivity index (χ1) is 10.6. The number of hydrogen-bond donors (Lipinski definition) is 1. The fourth-order valence-corrected chi connectivity index (χ4v) is 1.59. The van der Waals surface area contributed by atoms with Crippen molar-refractivity contribution in [3.63, 3.8) is 0 Å². The van der Waals surface area contributed by atoms with Gasteiger partial charge >= 0.3 is 41.8 Å². The van der Waals surface area contributed by atoms with E-state index in [-0.39, 0.29) is 0 Å². The molecule has 0 aromatic heterocycles. The Kier molecular flexibility index (Phi) is 5.72. The van der Waals surface area contributed by atoms with E-state index in [4.69, 9.17) is 5.11 Å². The lowest BCUT2D eigenvalue weighted by atomic mass is 9.86. The normalized spacial score (nSPS) is 16.7. The molecule has 0 aliphatic carbocycles. The minimum atomic E-state index is -8.03. The molecule has 15 heteroatoms. The second kappa shape index (κ2) is 6.07. The van der Waals surface area contributed by atoms with E-state index in [2.05, 4.69) is 0 Å². The summed E-state index contributed by atoms with van der Waals surface area (Å²) < 4.78 is 166. The predicted octanol–water partition coefficient (Wildman–Crippen LogP) is 4.84. The lowest BCUT2D eigenvalue weighted by Gasteiger charge is -2.40. The summed E-state index contributed by atoms with van der Waals surface area (Å²) >= 11 is 0. The first-order valence-electron chi connectivity index (χ1n) is 5.83. The molecule has 150 valence electrons. The van der Waals surface area contributed by atoms with Crippen molar-refractivity contribution in [3.8, 4) is 0 Å². The topological polar surface area (TPSA) is 37.3 Å². The molecule has 1 atom stereocenters. The molecule has 0 aliphatic rings. The van der Waals surface area contributed by atoms with Crippen LogP contribution in [0.25, 0.3) is 0 Å². The fraction of sp³-hybridized carbons (Fsp3) is 0.900. The third-order valence-corrected chi connectivity index (χ3v) is 3.10. The highest BCUT2D eigenvalue weighted by Crippen LogP contribution is 2.61. The van der Waals surface area contributed by atoms with Gasteiger partial charge < -0.3 is 5.11 Å². The molecule has 0 heterocycles. The average Bonchev–Trinajstić information content (AvgIpc) is 2.36. The van der Waals surface area contributed by atoms with Crippen LogP contribution in [0.1, 0.15) is 13.3 Å².